The first kappa shape index (κ1) is 8.72. The minimum Gasteiger partial charge on any atom is -0.308 e. The summed E-state index contributed by atoms with van der Waals surface area (Å²) in [4.78, 5) is 5.66. The molecule has 0 aromatic carbocycles. The van der Waals surface area contributed by atoms with Gasteiger partial charge in [0.2, 0.25) is 0 Å². The Kier molecular flexibility index (Phi) is 2.33. The van der Waals surface area contributed by atoms with Crippen molar-refractivity contribution in [2.45, 2.75) is 25.8 Å². The van der Waals surface area contributed by atoms with Gasteiger partial charge in [-0.1, -0.05) is 0 Å². The predicted octanol–water partition coefficient (Wildman–Crippen LogP) is 1.43. The van der Waals surface area contributed by atoms with Crippen LogP contribution in [0.2, 0.25) is 0 Å². The quantitative estimate of drug-likeness (QED) is 0.324. The van der Waals surface area contributed by atoms with Gasteiger partial charge < -0.3 is 5.43 Å². The number of nitrogens with zero attached hydrogens (tertiary/aromatic N) is 1. The highest BCUT2D eigenvalue weighted by molar-refractivity contribution is 7.12. The summed E-state index contributed by atoms with van der Waals surface area (Å²) in [6.45, 7) is 2.07. The molecule has 0 bridgehead atoms. The molecule has 0 spiro atoms. The molecule has 1 heterocycles. The maximum absolute atomic E-state index is 5.43. The maximum Gasteiger partial charge on any atom is 0.153 e. The van der Waals surface area contributed by atoms with Gasteiger partial charge in [-0.15, -0.1) is 11.3 Å². The number of rotatable bonds is 2. The van der Waals surface area contributed by atoms with Crippen LogP contribution in [-0.2, 0) is 0 Å². The Morgan fingerprint density at radius 3 is 2.92 bits per heavy atom. The molecule has 0 atom stereocenters. The van der Waals surface area contributed by atoms with Crippen molar-refractivity contribution in [1.82, 2.24) is 5.43 Å². The average molecular weight is 195 g/mol. The van der Waals surface area contributed by atoms with Crippen molar-refractivity contribution < 1.29 is 0 Å². The fourth-order valence-electron chi connectivity index (χ4n) is 1.16. The van der Waals surface area contributed by atoms with E-state index in [0.29, 0.717) is 6.04 Å². The SMILES string of the molecule is Cc1ccsc1C(=NC1CC1)NN. The molecule has 70 valence electrons. The topological polar surface area (TPSA) is 50.4 Å². The smallest absolute Gasteiger partial charge is 0.153 e. The normalized spacial score (nSPS) is 17.5. The van der Waals surface area contributed by atoms with E-state index in [2.05, 4.69) is 28.8 Å². The molecular weight excluding hydrogens is 182 g/mol. The second-order valence-electron chi connectivity index (χ2n) is 3.29. The van der Waals surface area contributed by atoms with Crippen LogP contribution in [-0.4, -0.2) is 11.9 Å². The molecule has 1 aromatic rings. The minimum absolute atomic E-state index is 0.507. The molecule has 0 unspecified atom stereocenters. The summed E-state index contributed by atoms with van der Waals surface area (Å²) < 4.78 is 0. The van der Waals surface area contributed by atoms with E-state index in [4.69, 9.17) is 5.84 Å². The molecule has 1 saturated carbocycles. The van der Waals surface area contributed by atoms with Crippen LogP contribution in [0.1, 0.15) is 23.3 Å². The number of hydrogen-bond donors (Lipinski definition) is 2. The highest BCUT2D eigenvalue weighted by Crippen LogP contribution is 2.25. The molecule has 0 aliphatic heterocycles. The molecule has 1 aliphatic rings. The van der Waals surface area contributed by atoms with Gasteiger partial charge in [-0.2, -0.15) is 0 Å². The molecule has 2 rings (SSSR count). The summed E-state index contributed by atoms with van der Waals surface area (Å²) in [7, 11) is 0. The molecule has 13 heavy (non-hydrogen) atoms. The van der Waals surface area contributed by atoms with Gasteiger partial charge >= 0.3 is 0 Å². The van der Waals surface area contributed by atoms with Gasteiger partial charge in [0, 0.05) is 0 Å². The number of amidine groups is 1. The van der Waals surface area contributed by atoms with Crippen LogP contribution in [0.4, 0.5) is 0 Å². The monoisotopic (exact) mass is 195 g/mol. The van der Waals surface area contributed by atoms with E-state index in [9.17, 15) is 0 Å². The molecule has 0 radical (unpaired) electrons. The molecule has 3 nitrogen and oxygen atoms in total. The van der Waals surface area contributed by atoms with E-state index >= 15 is 0 Å². The molecule has 3 N–H and O–H groups in total. The van der Waals surface area contributed by atoms with Crippen molar-refractivity contribution in [1.29, 1.82) is 0 Å². The van der Waals surface area contributed by atoms with Crippen LogP contribution in [0.5, 0.6) is 0 Å². The molecule has 4 heteroatoms. The van der Waals surface area contributed by atoms with Crippen LogP contribution in [0, 0.1) is 6.92 Å². The van der Waals surface area contributed by atoms with E-state index in [1.807, 2.05) is 0 Å². The van der Waals surface area contributed by atoms with E-state index in [1.54, 1.807) is 11.3 Å². The molecule has 1 fully saturated rings. The average Bonchev–Trinajstić information content (AvgIpc) is 2.85. The zero-order valence-electron chi connectivity index (χ0n) is 7.58. The van der Waals surface area contributed by atoms with Crippen molar-refractivity contribution >= 4 is 17.2 Å². The van der Waals surface area contributed by atoms with Crippen LogP contribution < -0.4 is 11.3 Å². The fourth-order valence-corrected chi connectivity index (χ4v) is 2.05. The molecule has 0 saturated heterocycles. The number of nitrogens with one attached hydrogen (secondary N) is 1. The Hall–Kier alpha value is -0.870. The van der Waals surface area contributed by atoms with Crippen molar-refractivity contribution in [2.24, 2.45) is 10.8 Å². The Balaban J connectivity index is 2.25. The van der Waals surface area contributed by atoms with Gasteiger partial charge in [-0.05, 0) is 36.8 Å². The van der Waals surface area contributed by atoms with Crippen molar-refractivity contribution in [3.8, 4) is 0 Å². The lowest BCUT2D eigenvalue weighted by molar-refractivity contribution is 0.973. The van der Waals surface area contributed by atoms with Gasteiger partial charge in [0.1, 0.15) is 0 Å². The summed E-state index contributed by atoms with van der Waals surface area (Å²) >= 11 is 1.68. The molecule has 1 aliphatic carbocycles. The van der Waals surface area contributed by atoms with Crippen LogP contribution >= 0.6 is 11.3 Å². The van der Waals surface area contributed by atoms with Gasteiger partial charge in [0.05, 0.1) is 10.9 Å². The third-order valence-electron chi connectivity index (χ3n) is 2.07. The lowest BCUT2D eigenvalue weighted by Crippen LogP contribution is -2.31. The Morgan fingerprint density at radius 1 is 1.69 bits per heavy atom. The van der Waals surface area contributed by atoms with Crippen LogP contribution in [0.15, 0.2) is 16.4 Å². The number of aliphatic imine (C=N–C) groups is 1. The fraction of sp³-hybridized carbons (Fsp3) is 0.444. The first-order valence-electron chi connectivity index (χ1n) is 4.40. The summed E-state index contributed by atoms with van der Waals surface area (Å²) in [6, 6.07) is 2.59. The predicted molar refractivity (Wildman–Crippen MR) is 55.9 cm³/mol. The van der Waals surface area contributed by atoms with Gasteiger partial charge in [-0.25, -0.2) is 5.84 Å². The van der Waals surface area contributed by atoms with Crippen molar-refractivity contribution in [2.75, 3.05) is 0 Å². The standard InChI is InChI=1S/C9H13N3S/c1-6-4-5-13-8(6)9(12-10)11-7-2-3-7/h4-5,7H,2-3,10H2,1H3,(H,11,12). The number of hydrazine groups is 1. The van der Waals surface area contributed by atoms with E-state index in [-0.39, 0.29) is 0 Å². The van der Waals surface area contributed by atoms with Gasteiger partial charge in [0.15, 0.2) is 5.84 Å². The van der Waals surface area contributed by atoms with Crippen molar-refractivity contribution in [3.05, 3.63) is 21.9 Å². The number of nitrogens with two attached hydrogens (primary N) is 1. The second-order valence-corrected chi connectivity index (χ2v) is 4.20. The second kappa shape index (κ2) is 3.47. The molecule has 0 amide bonds. The van der Waals surface area contributed by atoms with Crippen LogP contribution in [0.3, 0.4) is 0 Å². The lowest BCUT2D eigenvalue weighted by atomic mass is 10.3. The van der Waals surface area contributed by atoms with Crippen LogP contribution in [0.25, 0.3) is 0 Å². The summed E-state index contributed by atoms with van der Waals surface area (Å²) in [5, 5.41) is 2.06. The summed E-state index contributed by atoms with van der Waals surface area (Å²) in [6.07, 6.45) is 2.41. The Bertz CT molecular complexity index is 325. The van der Waals surface area contributed by atoms with Gasteiger partial charge in [0.25, 0.3) is 0 Å². The highest BCUT2D eigenvalue weighted by Gasteiger charge is 2.21. The first-order valence-corrected chi connectivity index (χ1v) is 5.28. The Morgan fingerprint density at radius 2 is 2.46 bits per heavy atom. The van der Waals surface area contributed by atoms with Gasteiger partial charge in [-0.3, -0.25) is 4.99 Å². The molecular formula is C9H13N3S. The summed E-state index contributed by atoms with van der Waals surface area (Å²) in [5.41, 5.74) is 3.92. The highest BCUT2D eigenvalue weighted by atomic mass is 32.1. The molecule has 1 aromatic heterocycles. The zero-order chi connectivity index (χ0) is 9.26. The third kappa shape index (κ3) is 1.89. The maximum atomic E-state index is 5.43. The Labute approximate surface area is 81.6 Å². The van der Waals surface area contributed by atoms with E-state index < -0.39 is 0 Å². The number of thiophene rings is 1. The summed E-state index contributed by atoms with van der Waals surface area (Å²) in [5.74, 6) is 6.28. The minimum atomic E-state index is 0.507. The number of aryl methyl sites for hydroxylation is 1. The lowest BCUT2D eigenvalue weighted by Gasteiger charge is -2.03. The van der Waals surface area contributed by atoms with E-state index in [1.165, 1.54) is 18.4 Å². The third-order valence-corrected chi connectivity index (χ3v) is 3.10. The first-order chi connectivity index (χ1) is 6.31. The van der Waals surface area contributed by atoms with Crippen molar-refractivity contribution in [3.63, 3.8) is 0 Å². The zero-order valence-corrected chi connectivity index (χ0v) is 8.40. The number of hydrogen-bond acceptors (Lipinski definition) is 3. The van der Waals surface area contributed by atoms with E-state index in [0.717, 1.165) is 10.7 Å². The largest absolute Gasteiger partial charge is 0.308 e.